The Balaban J connectivity index is 3.32. The van der Waals surface area contributed by atoms with Crippen molar-refractivity contribution in [3.05, 3.63) is 28.8 Å². The molecule has 4 heteroatoms. The van der Waals surface area contributed by atoms with Crippen LogP contribution in [0.2, 0.25) is 0 Å². The summed E-state index contributed by atoms with van der Waals surface area (Å²) in [5.41, 5.74) is 2.45. The lowest BCUT2D eigenvalue weighted by atomic mass is 9.78. The first-order valence-electron chi connectivity index (χ1n) is 8.43. The molecule has 0 aliphatic rings. The summed E-state index contributed by atoms with van der Waals surface area (Å²) in [6.07, 6.45) is 1.11. The van der Waals surface area contributed by atoms with E-state index in [0.717, 1.165) is 16.7 Å². The van der Waals surface area contributed by atoms with Gasteiger partial charge in [0.1, 0.15) is 5.75 Å². The summed E-state index contributed by atoms with van der Waals surface area (Å²) in [7, 11) is -2.53. The Morgan fingerprint density at radius 1 is 0.957 bits per heavy atom. The highest BCUT2D eigenvalue weighted by Gasteiger charge is 2.27. The number of hydrogen-bond donors (Lipinski definition) is 1. The second-order valence-corrected chi connectivity index (χ2v) is 11.4. The van der Waals surface area contributed by atoms with Crippen molar-refractivity contribution in [3.63, 3.8) is 0 Å². The lowest BCUT2D eigenvalue weighted by Crippen LogP contribution is -2.18. The zero-order chi connectivity index (χ0) is 18.1. The largest absolute Gasteiger partial charge is 0.507 e. The molecule has 0 saturated carbocycles. The van der Waals surface area contributed by atoms with Gasteiger partial charge in [0.05, 0.1) is 6.61 Å². The van der Waals surface area contributed by atoms with E-state index < -0.39 is 7.37 Å². The van der Waals surface area contributed by atoms with Crippen LogP contribution in [-0.2, 0) is 26.5 Å². The standard InChI is InChI=1S/C19H33O3P/c1-9-23(21,10-2)22-13-14-11-15(18(3,4)5)17(20)16(12-14)19(6,7)8/h11-12,20H,9-10,13H2,1-8H3. The van der Waals surface area contributed by atoms with E-state index in [0.29, 0.717) is 24.7 Å². The highest BCUT2D eigenvalue weighted by Crippen LogP contribution is 2.47. The lowest BCUT2D eigenvalue weighted by Gasteiger charge is -2.28. The van der Waals surface area contributed by atoms with Crippen LogP contribution in [0.3, 0.4) is 0 Å². The number of phenolic OH excluding ortho intramolecular Hbond substituents is 1. The summed E-state index contributed by atoms with van der Waals surface area (Å²) < 4.78 is 18.2. The third kappa shape index (κ3) is 5.09. The van der Waals surface area contributed by atoms with E-state index in [-0.39, 0.29) is 10.8 Å². The molecule has 1 aromatic carbocycles. The van der Waals surface area contributed by atoms with E-state index in [1.54, 1.807) is 0 Å². The van der Waals surface area contributed by atoms with Crippen molar-refractivity contribution in [3.8, 4) is 5.75 Å². The minimum absolute atomic E-state index is 0.167. The minimum atomic E-state index is -2.53. The highest BCUT2D eigenvalue weighted by atomic mass is 31.2. The summed E-state index contributed by atoms with van der Waals surface area (Å²) in [5, 5.41) is 10.7. The molecule has 0 heterocycles. The van der Waals surface area contributed by atoms with Crippen LogP contribution in [0.5, 0.6) is 5.75 Å². The molecule has 3 nitrogen and oxygen atoms in total. The molecule has 0 aliphatic heterocycles. The Morgan fingerprint density at radius 2 is 1.35 bits per heavy atom. The minimum Gasteiger partial charge on any atom is -0.507 e. The number of aromatic hydroxyl groups is 1. The van der Waals surface area contributed by atoms with Crippen LogP contribution < -0.4 is 0 Å². The van der Waals surface area contributed by atoms with Crippen LogP contribution in [0, 0.1) is 0 Å². The zero-order valence-corrected chi connectivity index (χ0v) is 16.9. The third-order valence-electron chi connectivity index (χ3n) is 4.22. The van der Waals surface area contributed by atoms with Crippen LogP contribution in [-0.4, -0.2) is 17.4 Å². The van der Waals surface area contributed by atoms with Crippen molar-refractivity contribution in [1.82, 2.24) is 0 Å². The number of hydrogen-bond acceptors (Lipinski definition) is 3. The molecule has 132 valence electrons. The van der Waals surface area contributed by atoms with Gasteiger partial charge in [-0.1, -0.05) is 55.4 Å². The molecule has 0 bridgehead atoms. The van der Waals surface area contributed by atoms with E-state index >= 15 is 0 Å². The van der Waals surface area contributed by atoms with Gasteiger partial charge in [-0.25, -0.2) is 0 Å². The first-order chi connectivity index (χ1) is 10.3. The Bertz CT molecular complexity index is 549. The lowest BCUT2D eigenvalue weighted by molar-refractivity contribution is 0.303. The fraction of sp³-hybridized carbons (Fsp3) is 0.684. The molecule has 0 radical (unpaired) electrons. The molecule has 1 rings (SSSR count). The third-order valence-corrected chi connectivity index (χ3v) is 6.74. The highest BCUT2D eigenvalue weighted by molar-refractivity contribution is 7.58. The Morgan fingerprint density at radius 3 is 1.65 bits per heavy atom. The second kappa shape index (κ2) is 6.99. The maximum atomic E-state index is 12.5. The molecule has 0 spiro atoms. The van der Waals surface area contributed by atoms with Gasteiger partial charge in [0.15, 0.2) is 0 Å². The van der Waals surface area contributed by atoms with Crippen molar-refractivity contribution >= 4 is 7.37 Å². The molecule has 1 N–H and O–H groups in total. The molecule has 0 fully saturated rings. The predicted octanol–water partition coefficient (Wildman–Crippen LogP) is 5.82. The van der Waals surface area contributed by atoms with Crippen molar-refractivity contribution in [2.24, 2.45) is 0 Å². The average Bonchev–Trinajstić information content (AvgIpc) is 2.43. The van der Waals surface area contributed by atoms with Crippen molar-refractivity contribution in [1.29, 1.82) is 0 Å². The topological polar surface area (TPSA) is 46.5 Å². The maximum absolute atomic E-state index is 12.5. The maximum Gasteiger partial charge on any atom is 0.202 e. The van der Waals surface area contributed by atoms with Gasteiger partial charge in [0, 0.05) is 12.3 Å². The van der Waals surface area contributed by atoms with E-state index in [1.165, 1.54) is 0 Å². The van der Waals surface area contributed by atoms with Gasteiger partial charge in [-0.2, -0.15) is 0 Å². The second-order valence-electron chi connectivity index (χ2n) is 8.26. The van der Waals surface area contributed by atoms with Gasteiger partial charge in [0.25, 0.3) is 0 Å². The number of phenols is 1. The van der Waals surface area contributed by atoms with E-state index in [9.17, 15) is 9.67 Å². The molecule has 0 amide bonds. The monoisotopic (exact) mass is 340 g/mol. The molecular weight excluding hydrogens is 307 g/mol. The smallest absolute Gasteiger partial charge is 0.202 e. The Kier molecular flexibility index (Phi) is 6.15. The van der Waals surface area contributed by atoms with Crippen molar-refractivity contribution in [2.75, 3.05) is 12.3 Å². The molecule has 0 aromatic heterocycles. The molecule has 0 aliphatic carbocycles. The quantitative estimate of drug-likeness (QED) is 0.687. The summed E-state index contributed by atoms with van der Waals surface area (Å²) in [6.45, 7) is 16.6. The molecular formula is C19H33O3P. The summed E-state index contributed by atoms with van der Waals surface area (Å²) in [5.74, 6) is 0.364. The molecule has 0 atom stereocenters. The van der Waals surface area contributed by atoms with Gasteiger partial charge >= 0.3 is 0 Å². The summed E-state index contributed by atoms with van der Waals surface area (Å²) in [4.78, 5) is 0. The number of rotatable bonds is 5. The van der Waals surface area contributed by atoms with Crippen LogP contribution in [0.15, 0.2) is 12.1 Å². The van der Waals surface area contributed by atoms with Crippen LogP contribution in [0.1, 0.15) is 72.1 Å². The van der Waals surface area contributed by atoms with Crippen molar-refractivity contribution in [2.45, 2.75) is 72.8 Å². The SMILES string of the molecule is CCP(=O)(CC)OCc1cc(C(C)(C)C)c(O)c(C(C)(C)C)c1. The molecule has 1 aromatic rings. The van der Waals surface area contributed by atoms with Crippen molar-refractivity contribution < 1.29 is 14.2 Å². The first-order valence-corrected chi connectivity index (χ1v) is 10.4. The van der Waals surface area contributed by atoms with Crippen LogP contribution >= 0.6 is 7.37 Å². The average molecular weight is 340 g/mol. The van der Waals surface area contributed by atoms with Gasteiger partial charge < -0.3 is 9.63 Å². The predicted molar refractivity (Wildman–Crippen MR) is 99.0 cm³/mol. The van der Waals surface area contributed by atoms with Gasteiger partial charge in [-0.3, -0.25) is 4.57 Å². The zero-order valence-electron chi connectivity index (χ0n) is 16.0. The van der Waals surface area contributed by atoms with E-state index in [4.69, 9.17) is 4.52 Å². The Hall–Kier alpha value is -0.790. The molecule has 0 unspecified atom stereocenters. The Labute approximate surface area is 141 Å². The fourth-order valence-corrected chi connectivity index (χ4v) is 3.72. The van der Waals surface area contributed by atoms with Gasteiger partial charge in [0.2, 0.25) is 7.37 Å². The number of benzene rings is 1. The van der Waals surface area contributed by atoms with E-state index in [2.05, 4.69) is 41.5 Å². The molecule has 0 saturated heterocycles. The summed E-state index contributed by atoms with van der Waals surface area (Å²) >= 11 is 0. The van der Waals surface area contributed by atoms with Crippen LogP contribution in [0.4, 0.5) is 0 Å². The fourth-order valence-electron chi connectivity index (χ4n) is 2.52. The normalized spacial score (nSPS) is 13.4. The van der Waals surface area contributed by atoms with Gasteiger partial charge in [-0.15, -0.1) is 0 Å². The van der Waals surface area contributed by atoms with Gasteiger partial charge in [-0.05, 0) is 39.7 Å². The van der Waals surface area contributed by atoms with Crippen LogP contribution in [0.25, 0.3) is 0 Å². The summed E-state index contributed by atoms with van der Waals surface area (Å²) in [6, 6.07) is 3.97. The van der Waals surface area contributed by atoms with E-state index in [1.807, 2.05) is 26.0 Å². The molecule has 23 heavy (non-hydrogen) atoms. The first kappa shape index (κ1) is 20.3.